The summed E-state index contributed by atoms with van der Waals surface area (Å²) in [7, 11) is -3.48. The van der Waals surface area contributed by atoms with Gasteiger partial charge >= 0.3 is 0 Å². The minimum atomic E-state index is -3.48. The molecule has 1 aromatic carbocycles. The molecule has 0 aliphatic rings. The average molecular weight is 297 g/mol. The van der Waals surface area contributed by atoms with Crippen LogP contribution in [0.4, 0.5) is 0 Å². The van der Waals surface area contributed by atoms with E-state index in [2.05, 4.69) is 4.72 Å². The molecule has 1 rings (SSSR count). The van der Waals surface area contributed by atoms with Crippen molar-refractivity contribution >= 4 is 15.8 Å². The first-order valence-electron chi connectivity index (χ1n) is 6.85. The minimum absolute atomic E-state index is 0.0408. The highest BCUT2D eigenvalue weighted by Crippen LogP contribution is 2.14. The Bertz CT molecular complexity index is 545. The molecule has 0 aliphatic carbocycles. The van der Waals surface area contributed by atoms with Crippen LogP contribution in [0, 0.1) is 11.8 Å². The third kappa shape index (κ3) is 5.06. The number of benzene rings is 1. The fourth-order valence-corrected chi connectivity index (χ4v) is 2.88. The van der Waals surface area contributed by atoms with E-state index >= 15 is 0 Å². The summed E-state index contributed by atoms with van der Waals surface area (Å²) in [6, 6.07) is 6.12. The van der Waals surface area contributed by atoms with E-state index in [1.54, 1.807) is 12.1 Å². The van der Waals surface area contributed by atoms with Crippen LogP contribution in [-0.4, -0.2) is 20.7 Å². The maximum absolute atomic E-state index is 12.0. The highest BCUT2D eigenvalue weighted by Gasteiger charge is 2.15. The average Bonchev–Trinajstić information content (AvgIpc) is 2.36. The van der Waals surface area contributed by atoms with Crippen LogP contribution in [0.15, 0.2) is 29.2 Å². The van der Waals surface area contributed by atoms with E-state index in [9.17, 15) is 13.2 Å². The molecule has 20 heavy (non-hydrogen) atoms. The van der Waals surface area contributed by atoms with Gasteiger partial charge in [-0.15, -0.1) is 0 Å². The Morgan fingerprint density at radius 1 is 1.05 bits per heavy atom. The van der Waals surface area contributed by atoms with E-state index in [1.807, 2.05) is 27.7 Å². The predicted molar refractivity (Wildman–Crippen MR) is 80.3 cm³/mol. The Labute approximate surface area is 121 Å². The normalized spacial score (nSPS) is 12.1. The van der Waals surface area contributed by atoms with Crippen molar-refractivity contribution < 1.29 is 13.2 Å². The molecule has 0 spiro atoms. The molecule has 0 aliphatic heterocycles. The smallest absolute Gasteiger partial charge is 0.240 e. The van der Waals surface area contributed by atoms with Crippen molar-refractivity contribution in [1.82, 2.24) is 4.72 Å². The number of hydrogen-bond donors (Lipinski definition) is 1. The summed E-state index contributed by atoms with van der Waals surface area (Å²) in [4.78, 5) is 12.1. The first kappa shape index (κ1) is 16.9. The standard InChI is InChI=1S/C15H23NO3S/c1-11(2)9-15(17)13-5-7-14(8-6-13)20(18,19)16-10-12(3)4/h5-8,11-12,16H,9-10H2,1-4H3. The van der Waals surface area contributed by atoms with Crippen molar-refractivity contribution in [2.75, 3.05) is 6.54 Å². The fraction of sp³-hybridized carbons (Fsp3) is 0.533. The van der Waals surface area contributed by atoms with Crippen LogP contribution in [0.25, 0.3) is 0 Å². The maximum Gasteiger partial charge on any atom is 0.240 e. The molecule has 0 saturated heterocycles. The lowest BCUT2D eigenvalue weighted by atomic mass is 10.0. The zero-order valence-electron chi connectivity index (χ0n) is 12.5. The maximum atomic E-state index is 12.0. The first-order valence-corrected chi connectivity index (χ1v) is 8.33. The minimum Gasteiger partial charge on any atom is -0.294 e. The molecule has 0 fully saturated rings. The summed E-state index contributed by atoms with van der Waals surface area (Å²) in [5.74, 6) is 0.578. The topological polar surface area (TPSA) is 63.2 Å². The molecule has 0 unspecified atom stereocenters. The van der Waals surface area contributed by atoms with E-state index in [-0.39, 0.29) is 16.6 Å². The van der Waals surface area contributed by atoms with Gasteiger partial charge in [0, 0.05) is 18.5 Å². The molecular weight excluding hydrogens is 274 g/mol. The lowest BCUT2D eigenvalue weighted by Gasteiger charge is -2.09. The van der Waals surface area contributed by atoms with E-state index in [0.29, 0.717) is 24.4 Å². The summed E-state index contributed by atoms with van der Waals surface area (Å²) >= 11 is 0. The molecule has 0 atom stereocenters. The summed E-state index contributed by atoms with van der Waals surface area (Å²) < 4.78 is 26.5. The van der Waals surface area contributed by atoms with Crippen molar-refractivity contribution in [1.29, 1.82) is 0 Å². The van der Waals surface area contributed by atoms with Gasteiger partial charge in [0.1, 0.15) is 0 Å². The fourth-order valence-electron chi connectivity index (χ4n) is 1.67. The van der Waals surface area contributed by atoms with Gasteiger partial charge in [-0.05, 0) is 24.0 Å². The van der Waals surface area contributed by atoms with Crippen molar-refractivity contribution in [3.8, 4) is 0 Å². The summed E-state index contributed by atoms with van der Waals surface area (Å²) in [6.07, 6.45) is 0.470. The lowest BCUT2D eigenvalue weighted by Crippen LogP contribution is -2.27. The Kier molecular flexibility index (Phi) is 5.89. The molecule has 0 saturated carbocycles. The van der Waals surface area contributed by atoms with Gasteiger partial charge in [-0.2, -0.15) is 0 Å². The second-order valence-electron chi connectivity index (χ2n) is 5.79. The van der Waals surface area contributed by atoms with Crippen LogP contribution in [0.5, 0.6) is 0 Å². The number of ketones is 1. The van der Waals surface area contributed by atoms with Crippen LogP contribution in [-0.2, 0) is 10.0 Å². The third-order valence-electron chi connectivity index (χ3n) is 2.76. The Hall–Kier alpha value is -1.20. The second-order valence-corrected chi connectivity index (χ2v) is 7.56. The predicted octanol–water partition coefficient (Wildman–Crippen LogP) is 2.85. The molecule has 4 nitrogen and oxygen atoms in total. The van der Waals surface area contributed by atoms with Gasteiger partial charge in [0.25, 0.3) is 0 Å². The molecular formula is C15H23NO3S. The summed E-state index contributed by atoms with van der Waals surface area (Å²) in [5.41, 5.74) is 0.557. The molecule has 5 heteroatoms. The Balaban J connectivity index is 2.83. The molecule has 0 aromatic heterocycles. The molecule has 0 radical (unpaired) electrons. The van der Waals surface area contributed by atoms with Gasteiger partial charge in [-0.25, -0.2) is 13.1 Å². The number of nitrogens with one attached hydrogen (secondary N) is 1. The zero-order valence-corrected chi connectivity index (χ0v) is 13.3. The third-order valence-corrected chi connectivity index (χ3v) is 4.20. The highest BCUT2D eigenvalue weighted by molar-refractivity contribution is 7.89. The van der Waals surface area contributed by atoms with Crippen molar-refractivity contribution in [2.24, 2.45) is 11.8 Å². The molecule has 0 heterocycles. The molecule has 0 amide bonds. The number of rotatable bonds is 7. The largest absolute Gasteiger partial charge is 0.294 e. The number of sulfonamides is 1. The highest BCUT2D eigenvalue weighted by atomic mass is 32.2. The molecule has 1 aromatic rings. The number of hydrogen-bond acceptors (Lipinski definition) is 3. The van der Waals surface area contributed by atoms with Gasteiger partial charge in [0.05, 0.1) is 4.90 Å². The van der Waals surface area contributed by atoms with E-state index in [0.717, 1.165) is 0 Å². The number of carbonyl (C=O) groups is 1. The monoisotopic (exact) mass is 297 g/mol. The van der Waals surface area contributed by atoms with E-state index in [1.165, 1.54) is 12.1 Å². The van der Waals surface area contributed by atoms with Gasteiger partial charge in [0.2, 0.25) is 10.0 Å². The second kappa shape index (κ2) is 6.99. The van der Waals surface area contributed by atoms with E-state index in [4.69, 9.17) is 0 Å². The Morgan fingerprint density at radius 3 is 2.05 bits per heavy atom. The van der Waals surface area contributed by atoms with Crippen molar-refractivity contribution in [3.05, 3.63) is 29.8 Å². The van der Waals surface area contributed by atoms with Crippen LogP contribution >= 0.6 is 0 Å². The quantitative estimate of drug-likeness (QED) is 0.787. The van der Waals surface area contributed by atoms with Gasteiger partial charge in [-0.1, -0.05) is 39.8 Å². The Morgan fingerprint density at radius 2 is 1.60 bits per heavy atom. The number of Topliss-reactive ketones (excluding diaryl/α,β-unsaturated/α-hetero) is 1. The van der Waals surface area contributed by atoms with E-state index < -0.39 is 10.0 Å². The van der Waals surface area contributed by atoms with Crippen molar-refractivity contribution in [3.63, 3.8) is 0 Å². The summed E-state index contributed by atoms with van der Waals surface area (Å²) in [6.45, 7) is 8.24. The SMILES string of the molecule is CC(C)CNS(=O)(=O)c1ccc(C(=O)CC(C)C)cc1. The van der Waals surface area contributed by atoms with Crippen LogP contribution < -0.4 is 4.72 Å². The van der Waals surface area contributed by atoms with Gasteiger partial charge in [-0.3, -0.25) is 4.79 Å². The molecule has 0 bridgehead atoms. The van der Waals surface area contributed by atoms with Gasteiger partial charge in [0.15, 0.2) is 5.78 Å². The van der Waals surface area contributed by atoms with Crippen LogP contribution in [0.3, 0.4) is 0 Å². The first-order chi connectivity index (χ1) is 9.22. The number of carbonyl (C=O) groups excluding carboxylic acids is 1. The van der Waals surface area contributed by atoms with Crippen molar-refractivity contribution in [2.45, 2.75) is 39.0 Å². The molecule has 112 valence electrons. The zero-order chi connectivity index (χ0) is 15.3. The van der Waals surface area contributed by atoms with Gasteiger partial charge < -0.3 is 0 Å². The van der Waals surface area contributed by atoms with Crippen LogP contribution in [0.2, 0.25) is 0 Å². The van der Waals surface area contributed by atoms with Crippen LogP contribution in [0.1, 0.15) is 44.5 Å². The molecule has 1 N–H and O–H groups in total. The summed E-state index contributed by atoms with van der Waals surface area (Å²) in [5, 5.41) is 0. The lowest BCUT2D eigenvalue weighted by molar-refractivity contribution is 0.0967.